The Morgan fingerprint density at radius 1 is 1.19 bits per heavy atom. The van der Waals surface area contributed by atoms with Gasteiger partial charge in [-0.15, -0.1) is 0 Å². The van der Waals surface area contributed by atoms with Crippen molar-refractivity contribution in [2.45, 2.75) is 25.8 Å². The summed E-state index contributed by atoms with van der Waals surface area (Å²) in [5, 5.41) is 2.82. The average molecular weight is 286 g/mol. The third-order valence-electron chi connectivity index (χ3n) is 3.37. The molecule has 2 aromatic carbocycles. The van der Waals surface area contributed by atoms with Gasteiger partial charge in [-0.05, 0) is 37.1 Å². The van der Waals surface area contributed by atoms with Crippen LogP contribution in [0.15, 0.2) is 48.5 Å². The first-order chi connectivity index (χ1) is 10.1. The SMILES string of the molecule is CC(NC(=O)CCc1ccc(N)cc1)c1ccccc1F. The number of anilines is 1. The number of benzene rings is 2. The highest BCUT2D eigenvalue weighted by Crippen LogP contribution is 2.16. The van der Waals surface area contributed by atoms with E-state index in [9.17, 15) is 9.18 Å². The quantitative estimate of drug-likeness (QED) is 0.829. The maximum Gasteiger partial charge on any atom is 0.220 e. The van der Waals surface area contributed by atoms with Crippen LogP contribution in [0.2, 0.25) is 0 Å². The van der Waals surface area contributed by atoms with Crippen LogP contribution in [-0.4, -0.2) is 5.91 Å². The fourth-order valence-corrected chi connectivity index (χ4v) is 2.16. The van der Waals surface area contributed by atoms with Crippen LogP contribution in [0, 0.1) is 5.82 Å². The minimum atomic E-state index is -0.342. The van der Waals surface area contributed by atoms with E-state index in [1.165, 1.54) is 6.07 Å². The van der Waals surface area contributed by atoms with Gasteiger partial charge in [-0.1, -0.05) is 30.3 Å². The van der Waals surface area contributed by atoms with Crippen LogP contribution in [0.3, 0.4) is 0 Å². The Bertz CT molecular complexity index is 610. The molecule has 0 spiro atoms. The van der Waals surface area contributed by atoms with Gasteiger partial charge in [0.15, 0.2) is 0 Å². The van der Waals surface area contributed by atoms with Crippen molar-refractivity contribution >= 4 is 11.6 Å². The molecule has 110 valence electrons. The monoisotopic (exact) mass is 286 g/mol. The first kappa shape index (κ1) is 15.0. The predicted molar refractivity (Wildman–Crippen MR) is 82.1 cm³/mol. The lowest BCUT2D eigenvalue weighted by atomic mass is 10.1. The molecular formula is C17H19FN2O. The maximum atomic E-state index is 13.6. The zero-order chi connectivity index (χ0) is 15.2. The molecule has 21 heavy (non-hydrogen) atoms. The van der Waals surface area contributed by atoms with Gasteiger partial charge >= 0.3 is 0 Å². The van der Waals surface area contributed by atoms with E-state index in [2.05, 4.69) is 5.32 Å². The van der Waals surface area contributed by atoms with Crippen molar-refractivity contribution in [3.05, 3.63) is 65.5 Å². The number of halogens is 1. The molecule has 0 heterocycles. The van der Waals surface area contributed by atoms with Crippen LogP contribution in [0.5, 0.6) is 0 Å². The largest absolute Gasteiger partial charge is 0.399 e. The van der Waals surface area contributed by atoms with Crippen LogP contribution in [0.1, 0.15) is 30.5 Å². The average Bonchev–Trinajstić information content (AvgIpc) is 2.47. The van der Waals surface area contributed by atoms with Gasteiger partial charge in [0.25, 0.3) is 0 Å². The van der Waals surface area contributed by atoms with Gasteiger partial charge in [0.1, 0.15) is 5.82 Å². The fraction of sp³-hybridized carbons (Fsp3) is 0.235. The van der Waals surface area contributed by atoms with E-state index in [0.717, 1.165) is 5.56 Å². The van der Waals surface area contributed by atoms with Gasteiger partial charge in [0.05, 0.1) is 6.04 Å². The number of carbonyl (C=O) groups is 1. The number of nitrogen functional groups attached to an aromatic ring is 1. The van der Waals surface area contributed by atoms with Crippen molar-refractivity contribution in [2.75, 3.05) is 5.73 Å². The summed E-state index contributed by atoms with van der Waals surface area (Å²) < 4.78 is 13.6. The summed E-state index contributed by atoms with van der Waals surface area (Å²) in [5.74, 6) is -0.397. The second-order valence-electron chi connectivity index (χ2n) is 5.05. The molecule has 3 nitrogen and oxygen atoms in total. The topological polar surface area (TPSA) is 55.1 Å². The lowest BCUT2D eigenvalue weighted by molar-refractivity contribution is -0.121. The van der Waals surface area contributed by atoms with E-state index in [0.29, 0.717) is 24.1 Å². The molecular weight excluding hydrogens is 267 g/mol. The standard InChI is InChI=1S/C17H19FN2O/c1-12(15-4-2-3-5-16(15)18)20-17(21)11-8-13-6-9-14(19)10-7-13/h2-7,9-10,12H,8,11,19H2,1H3,(H,20,21). The van der Waals surface area contributed by atoms with E-state index < -0.39 is 0 Å². The summed E-state index contributed by atoms with van der Waals surface area (Å²) in [6, 6.07) is 13.6. The highest BCUT2D eigenvalue weighted by Gasteiger charge is 2.12. The lowest BCUT2D eigenvalue weighted by Crippen LogP contribution is -2.27. The summed E-state index contributed by atoms with van der Waals surface area (Å²) in [4.78, 5) is 11.9. The molecule has 0 aromatic heterocycles. The molecule has 0 saturated carbocycles. The number of hydrogen-bond donors (Lipinski definition) is 2. The fourth-order valence-electron chi connectivity index (χ4n) is 2.16. The molecule has 2 rings (SSSR count). The van der Waals surface area contributed by atoms with Gasteiger partial charge in [0, 0.05) is 17.7 Å². The van der Waals surface area contributed by atoms with Crippen molar-refractivity contribution in [1.82, 2.24) is 5.32 Å². The molecule has 0 saturated heterocycles. The van der Waals surface area contributed by atoms with Gasteiger partial charge in [-0.25, -0.2) is 4.39 Å². The molecule has 3 N–H and O–H groups in total. The molecule has 1 amide bonds. The van der Waals surface area contributed by atoms with Crippen molar-refractivity contribution in [3.8, 4) is 0 Å². The summed E-state index contributed by atoms with van der Waals surface area (Å²) >= 11 is 0. The first-order valence-corrected chi connectivity index (χ1v) is 6.94. The lowest BCUT2D eigenvalue weighted by Gasteiger charge is -2.15. The van der Waals surface area contributed by atoms with Crippen molar-refractivity contribution in [1.29, 1.82) is 0 Å². The minimum absolute atomic E-state index is 0.0948. The Morgan fingerprint density at radius 3 is 2.52 bits per heavy atom. The molecule has 0 aliphatic rings. The number of nitrogens with one attached hydrogen (secondary N) is 1. The molecule has 1 atom stereocenters. The summed E-state index contributed by atoms with van der Waals surface area (Å²) in [7, 11) is 0. The zero-order valence-corrected chi connectivity index (χ0v) is 12.0. The Balaban J connectivity index is 1.87. The molecule has 0 aliphatic carbocycles. The van der Waals surface area contributed by atoms with E-state index in [1.54, 1.807) is 25.1 Å². The maximum absolute atomic E-state index is 13.6. The van der Waals surface area contributed by atoms with E-state index in [4.69, 9.17) is 5.73 Å². The molecule has 0 fully saturated rings. The highest BCUT2D eigenvalue weighted by atomic mass is 19.1. The number of hydrogen-bond acceptors (Lipinski definition) is 2. The van der Waals surface area contributed by atoms with Gasteiger partial charge < -0.3 is 11.1 Å². The molecule has 2 aromatic rings. The van der Waals surface area contributed by atoms with E-state index in [1.807, 2.05) is 24.3 Å². The second-order valence-corrected chi connectivity index (χ2v) is 5.05. The molecule has 0 bridgehead atoms. The number of nitrogens with two attached hydrogens (primary N) is 1. The van der Waals surface area contributed by atoms with Gasteiger partial charge in [-0.2, -0.15) is 0 Å². The number of aryl methyl sites for hydroxylation is 1. The van der Waals surface area contributed by atoms with Crippen LogP contribution in [0.4, 0.5) is 10.1 Å². The van der Waals surface area contributed by atoms with Gasteiger partial charge in [0.2, 0.25) is 5.91 Å². The van der Waals surface area contributed by atoms with Crippen LogP contribution in [-0.2, 0) is 11.2 Å². The smallest absolute Gasteiger partial charge is 0.220 e. The van der Waals surface area contributed by atoms with Crippen molar-refractivity contribution < 1.29 is 9.18 Å². The van der Waals surface area contributed by atoms with Crippen LogP contribution in [0.25, 0.3) is 0 Å². The van der Waals surface area contributed by atoms with E-state index >= 15 is 0 Å². The third-order valence-corrected chi connectivity index (χ3v) is 3.37. The minimum Gasteiger partial charge on any atom is -0.399 e. The van der Waals surface area contributed by atoms with E-state index in [-0.39, 0.29) is 17.8 Å². The summed E-state index contributed by atoms with van der Waals surface area (Å²) in [6.07, 6.45) is 0.999. The Labute approximate surface area is 124 Å². The van der Waals surface area contributed by atoms with Crippen LogP contribution < -0.4 is 11.1 Å². The number of rotatable bonds is 5. The molecule has 0 aliphatic heterocycles. The van der Waals surface area contributed by atoms with Crippen LogP contribution >= 0.6 is 0 Å². The van der Waals surface area contributed by atoms with Gasteiger partial charge in [-0.3, -0.25) is 4.79 Å². The highest BCUT2D eigenvalue weighted by molar-refractivity contribution is 5.76. The number of carbonyl (C=O) groups excluding carboxylic acids is 1. The molecule has 4 heteroatoms. The Hall–Kier alpha value is -2.36. The predicted octanol–water partition coefficient (Wildman–Crippen LogP) is 3.22. The number of amides is 1. The first-order valence-electron chi connectivity index (χ1n) is 6.94. The second kappa shape index (κ2) is 6.88. The molecule has 0 radical (unpaired) electrons. The Kier molecular flexibility index (Phi) is 4.93. The van der Waals surface area contributed by atoms with Crippen molar-refractivity contribution in [3.63, 3.8) is 0 Å². The third kappa shape index (κ3) is 4.31. The zero-order valence-electron chi connectivity index (χ0n) is 12.0. The summed E-state index contributed by atoms with van der Waals surface area (Å²) in [6.45, 7) is 1.78. The summed E-state index contributed by atoms with van der Waals surface area (Å²) in [5.41, 5.74) is 7.87. The van der Waals surface area contributed by atoms with Crippen molar-refractivity contribution in [2.24, 2.45) is 0 Å². The molecule has 1 unspecified atom stereocenters. The Morgan fingerprint density at radius 2 is 1.86 bits per heavy atom. The normalized spacial score (nSPS) is 11.9.